The van der Waals surface area contributed by atoms with Crippen molar-refractivity contribution in [2.45, 2.75) is 154 Å². The molecular formula is C38H64O40S4. The van der Waals surface area contributed by atoms with Crippen molar-refractivity contribution in [2.24, 2.45) is 0 Å². The Kier molecular flexibility index (Phi) is 25.4. The average Bonchev–Trinajstić information content (AvgIpc) is 3.60. The smallest absolute Gasteiger partial charge is 0.397 e. The van der Waals surface area contributed by atoms with Gasteiger partial charge in [0.25, 0.3) is 0 Å². The van der Waals surface area contributed by atoms with Crippen LogP contribution >= 0.6 is 0 Å². The first-order valence-electron chi connectivity index (χ1n) is 23.3. The fraction of sp³-hybridized carbons (Fsp3) is 0.947. The van der Waals surface area contributed by atoms with Crippen molar-refractivity contribution in [1.82, 2.24) is 0 Å². The number of hydrogen-bond acceptors (Lipinski definition) is 34. The molecule has 0 unspecified atom stereocenters. The molecule has 5 heterocycles. The summed E-state index contributed by atoms with van der Waals surface area (Å²) in [5.41, 5.74) is 0. The third-order valence-electron chi connectivity index (χ3n) is 13.0. The Balaban J connectivity index is 1.58. The first-order valence-corrected chi connectivity index (χ1v) is 28.8. The first-order chi connectivity index (χ1) is 38.2. The number of rotatable bonds is 29. The lowest BCUT2D eigenvalue weighted by molar-refractivity contribution is -0.388. The molecule has 0 aliphatic carbocycles. The van der Waals surface area contributed by atoms with Crippen molar-refractivity contribution in [1.29, 1.82) is 0 Å². The van der Waals surface area contributed by atoms with Gasteiger partial charge in [0, 0.05) is 56.9 Å². The van der Waals surface area contributed by atoms with Crippen LogP contribution < -0.4 is 0 Å². The number of carbonyl (C=O) groups is 2. The van der Waals surface area contributed by atoms with Gasteiger partial charge in [0.05, 0.1) is 19.8 Å². The lowest BCUT2D eigenvalue weighted by Crippen LogP contribution is -2.69. The Hall–Kier alpha value is -2.38. The summed E-state index contributed by atoms with van der Waals surface area (Å²) < 4.78 is 252. The van der Waals surface area contributed by atoms with E-state index >= 15 is 0 Å². The van der Waals surface area contributed by atoms with Crippen LogP contribution in [-0.4, -0.2) is 320 Å². The molecule has 40 nitrogen and oxygen atoms in total. The van der Waals surface area contributed by atoms with E-state index in [1.807, 2.05) is 0 Å². The highest BCUT2D eigenvalue weighted by atomic mass is 32.3. The van der Waals surface area contributed by atoms with Crippen LogP contribution in [0.25, 0.3) is 0 Å². The van der Waals surface area contributed by atoms with Gasteiger partial charge in [-0.3, -0.25) is 18.2 Å². The van der Waals surface area contributed by atoms with Gasteiger partial charge < -0.3 is 106 Å². The molecule has 5 rings (SSSR count). The topological polar surface area (TPSA) is 547 Å². The number of ether oxygens (including phenoxy) is 17. The van der Waals surface area contributed by atoms with Gasteiger partial charge in [-0.05, 0) is 0 Å². The number of aliphatic carboxylic acids is 2. The Bertz CT molecular complexity index is 2520. The lowest BCUT2D eigenvalue weighted by Gasteiger charge is -2.51. The van der Waals surface area contributed by atoms with Gasteiger partial charge in [0.1, 0.15) is 104 Å². The van der Waals surface area contributed by atoms with Crippen LogP contribution in [0.5, 0.6) is 0 Å². The standard InChI is InChI=1S/C38H64O40S4/c1-58-18-13(10-66-79(46,47)48)69-35(28(62-5)20(18)59-2)73-23-21(60-3)30(64-7)37(76-26(23)32(42)43)72-19-14(11-67-80(49,50)51)70-38(31(78-82(55,56)57)25(19)77-81(52,53)54)74-24-22(61-4)29(63-6)36(75-27(24)33(44)45)71-17-12(9-39)68-34(65-8)16(41)15(17)40/h12-31,34-41H,9-11H2,1-8H3,(H,42,43)(H,44,45)(H,46,47,48)(H,49,50,51)(H,52,53,54)(H,55,56,57)/t12-,13-,14-,15-,16-,17-,18-,19-,20+,21+,22+,23+,24+,25+,26+,27-,28-,29-,30-,31-,34+,35-,36-,37-,38+/m1/s1. The molecule has 5 aliphatic rings. The SMILES string of the molecule is CO[C@H]1O[C@H](CO)[C@@H](O[C@@H]2O[C@@H](C(=O)O)[C@@H](O[C@@H]3O[C@H](COS(=O)(=O)O)[C@@H](O[C@@H]4O[C@H](C(=O)O)[C@@H](O[C@H]5O[C@H](COS(=O)(=O)O)[C@@H](OC)[C@H](OC)[C@H]5OC)[C@H](OC)[C@H]4OC)[C@H](OS(=O)(=O)O)[C@H]3OS(=O)(=O)O)[C@H](OC)[C@H]2OC)[C@H](O)[C@H]1O. The molecule has 0 spiro atoms. The van der Waals surface area contributed by atoms with E-state index in [1.165, 1.54) is 0 Å². The van der Waals surface area contributed by atoms with Gasteiger partial charge in [-0.2, -0.15) is 33.7 Å². The number of carboxylic acid groups (broad SMARTS) is 2. The molecule has 0 aromatic heterocycles. The summed E-state index contributed by atoms with van der Waals surface area (Å²) in [6.45, 7) is -3.49. The van der Waals surface area contributed by atoms with Crippen LogP contribution in [0.15, 0.2) is 0 Å². The highest BCUT2D eigenvalue weighted by Crippen LogP contribution is 2.40. The summed E-state index contributed by atoms with van der Waals surface area (Å²) in [6.07, 6.45) is -50.8. The minimum absolute atomic E-state index is 0.908. The van der Waals surface area contributed by atoms with E-state index < -0.39 is 227 Å². The maximum atomic E-state index is 13.2. The van der Waals surface area contributed by atoms with E-state index in [1.54, 1.807) is 0 Å². The summed E-state index contributed by atoms with van der Waals surface area (Å²) >= 11 is 0. The van der Waals surface area contributed by atoms with Gasteiger partial charge in [-0.1, -0.05) is 0 Å². The maximum absolute atomic E-state index is 13.2. The molecule has 0 saturated carbocycles. The Labute approximate surface area is 466 Å². The number of carboxylic acids is 2. The molecule has 0 radical (unpaired) electrons. The third-order valence-corrected chi connectivity index (χ3v) is 14.8. The number of aliphatic hydroxyl groups excluding tert-OH is 3. The van der Waals surface area contributed by atoms with Crippen molar-refractivity contribution in [2.75, 3.05) is 76.7 Å². The normalized spacial score (nSPS) is 40.8. The Morgan fingerprint density at radius 1 is 0.366 bits per heavy atom. The highest BCUT2D eigenvalue weighted by molar-refractivity contribution is 7.81. The Morgan fingerprint density at radius 2 is 0.695 bits per heavy atom. The van der Waals surface area contributed by atoms with Gasteiger partial charge in [0.15, 0.2) is 49.8 Å². The molecule has 0 aromatic carbocycles. The predicted molar refractivity (Wildman–Crippen MR) is 248 cm³/mol. The van der Waals surface area contributed by atoms with Crippen molar-refractivity contribution < 1.29 is 184 Å². The second-order valence-electron chi connectivity index (χ2n) is 17.8. The highest BCUT2D eigenvalue weighted by Gasteiger charge is 2.61. The zero-order valence-corrected chi connectivity index (χ0v) is 47.1. The molecule has 44 heteroatoms. The quantitative estimate of drug-likeness (QED) is 0.0314. The second-order valence-corrected chi connectivity index (χ2v) is 22.0. The van der Waals surface area contributed by atoms with Crippen molar-refractivity contribution in [3.8, 4) is 0 Å². The van der Waals surface area contributed by atoms with Crippen molar-refractivity contribution >= 4 is 53.5 Å². The minimum Gasteiger partial charge on any atom is -0.479 e. The molecule has 0 bridgehead atoms. The summed E-state index contributed by atoms with van der Waals surface area (Å²) in [5, 5.41) is 52.8. The number of methoxy groups -OCH3 is 8. The molecule has 25 atom stereocenters. The van der Waals surface area contributed by atoms with Crippen LogP contribution in [0.4, 0.5) is 0 Å². The third kappa shape index (κ3) is 17.4. The molecular weight excluding hydrogens is 1220 g/mol. The number of aliphatic hydroxyl groups is 3. The molecule has 9 N–H and O–H groups in total. The van der Waals surface area contributed by atoms with E-state index in [4.69, 9.17) is 88.9 Å². The fourth-order valence-corrected chi connectivity index (χ4v) is 11.2. The number of hydrogen-bond donors (Lipinski definition) is 9. The monoisotopic (exact) mass is 1290 g/mol. The summed E-state index contributed by atoms with van der Waals surface area (Å²) in [5.74, 6) is -3.93. The van der Waals surface area contributed by atoms with Gasteiger partial charge in [0.2, 0.25) is 0 Å². The van der Waals surface area contributed by atoms with Gasteiger partial charge in [-0.15, -0.1) is 0 Å². The van der Waals surface area contributed by atoms with Crippen molar-refractivity contribution in [3.05, 3.63) is 0 Å². The molecule has 0 aromatic rings. The summed E-state index contributed by atoms with van der Waals surface area (Å²) in [7, 11) is -14.5. The van der Waals surface area contributed by atoms with Crippen molar-refractivity contribution in [3.63, 3.8) is 0 Å². The fourth-order valence-electron chi connectivity index (χ4n) is 9.61. The van der Waals surface area contributed by atoms with E-state index in [9.17, 15) is 87.0 Å². The molecule has 82 heavy (non-hydrogen) atoms. The van der Waals surface area contributed by atoms with Crippen LogP contribution in [0, 0.1) is 0 Å². The summed E-state index contributed by atoms with van der Waals surface area (Å²) in [4.78, 5) is 26.2. The average molecular weight is 1290 g/mol. The van der Waals surface area contributed by atoms with E-state index in [2.05, 4.69) is 8.37 Å². The van der Waals surface area contributed by atoms with E-state index in [0.717, 1.165) is 56.9 Å². The molecule has 0 amide bonds. The zero-order valence-electron chi connectivity index (χ0n) is 43.9. The maximum Gasteiger partial charge on any atom is 0.397 e. The van der Waals surface area contributed by atoms with Gasteiger partial charge >= 0.3 is 53.5 Å². The Morgan fingerprint density at radius 3 is 1.05 bits per heavy atom. The van der Waals surface area contributed by atoms with Crippen LogP contribution in [-0.2, 0) is 148 Å². The molecule has 5 saturated heterocycles. The first kappa shape index (κ1) is 70.4. The van der Waals surface area contributed by atoms with Crippen LogP contribution in [0.2, 0.25) is 0 Å². The van der Waals surface area contributed by atoms with E-state index in [-0.39, 0.29) is 0 Å². The molecule has 5 aliphatic heterocycles. The van der Waals surface area contributed by atoms with Crippen LogP contribution in [0.3, 0.4) is 0 Å². The second kappa shape index (κ2) is 29.5. The largest absolute Gasteiger partial charge is 0.479 e. The minimum atomic E-state index is -6.05. The zero-order chi connectivity index (χ0) is 61.6. The lowest BCUT2D eigenvalue weighted by atomic mass is 9.94. The van der Waals surface area contributed by atoms with Crippen LogP contribution in [0.1, 0.15) is 0 Å². The molecule has 5 fully saturated rings. The summed E-state index contributed by atoms with van der Waals surface area (Å²) in [6, 6.07) is 0. The van der Waals surface area contributed by atoms with E-state index in [0.29, 0.717) is 0 Å². The predicted octanol–water partition coefficient (Wildman–Crippen LogP) is -7.20. The van der Waals surface area contributed by atoms with Gasteiger partial charge in [-0.25, -0.2) is 26.3 Å². The molecule has 480 valence electrons.